The van der Waals surface area contributed by atoms with E-state index in [9.17, 15) is 4.79 Å². The summed E-state index contributed by atoms with van der Waals surface area (Å²) in [5.74, 6) is 0. The second-order valence-electron chi connectivity index (χ2n) is 7.71. The second-order valence-corrected chi connectivity index (χ2v) is 7.71. The molecule has 2 aliphatic heterocycles. The predicted octanol–water partition coefficient (Wildman–Crippen LogP) is 2.43. The molecule has 0 bridgehead atoms. The van der Waals surface area contributed by atoms with Crippen molar-refractivity contribution in [2.45, 2.75) is 38.8 Å². The van der Waals surface area contributed by atoms with Gasteiger partial charge in [-0.15, -0.1) is 0 Å². The minimum absolute atomic E-state index is 0.0484. The maximum absolute atomic E-state index is 12.6. The summed E-state index contributed by atoms with van der Waals surface area (Å²) >= 11 is 0. The van der Waals surface area contributed by atoms with Gasteiger partial charge in [0.2, 0.25) is 0 Å². The molecule has 3 heterocycles. The number of urea groups is 1. The monoisotopic (exact) mass is 369 g/mol. The van der Waals surface area contributed by atoms with Gasteiger partial charge in [-0.3, -0.25) is 0 Å². The highest BCUT2D eigenvalue weighted by Crippen LogP contribution is 2.39. The lowest BCUT2D eigenvalue weighted by molar-refractivity contribution is -0.0186. The van der Waals surface area contributed by atoms with Gasteiger partial charge in [0.15, 0.2) is 0 Å². The van der Waals surface area contributed by atoms with Crippen LogP contribution in [0, 0.1) is 5.41 Å². The lowest BCUT2D eigenvalue weighted by Crippen LogP contribution is -2.51. The van der Waals surface area contributed by atoms with Crippen molar-refractivity contribution in [2.24, 2.45) is 5.41 Å². The molecule has 2 aliphatic rings. The lowest BCUT2D eigenvalue weighted by atomic mass is 9.74. The van der Waals surface area contributed by atoms with Gasteiger partial charge >= 0.3 is 6.03 Å². The number of hydrogen-bond donors (Lipinski definition) is 1. The minimum Gasteiger partial charge on any atom is -0.381 e. The molecular formula is C20H27N5O2. The number of likely N-dealkylation sites (tertiary alicyclic amines) is 1. The van der Waals surface area contributed by atoms with Gasteiger partial charge in [0, 0.05) is 32.8 Å². The Hall–Kier alpha value is -2.41. The maximum atomic E-state index is 12.6. The minimum atomic E-state index is 0.0484. The molecule has 2 saturated heterocycles. The Morgan fingerprint density at radius 2 is 1.93 bits per heavy atom. The average molecular weight is 369 g/mol. The third-order valence-corrected chi connectivity index (χ3v) is 5.78. The number of amides is 2. The van der Waals surface area contributed by atoms with E-state index in [4.69, 9.17) is 4.74 Å². The number of piperidine rings is 1. The van der Waals surface area contributed by atoms with Crippen molar-refractivity contribution < 1.29 is 9.53 Å². The van der Waals surface area contributed by atoms with Crippen LogP contribution in [0.3, 0.4) is 0 Å². The normalized spacial score (nSPS) is 19.2. The summed E-state index contributed by atoms with van der Waals surface area (Å²) in [6.45, 7) is 4.62. The van der Waals surface area contributed by atoms with E-state index in [0.717, 1.165) is 56.7 Å². The Morgan fingerprint density at radius 3 is 2.67 bits per heavy atom. The van der Waals surface area contributed by atoms with E-state index in [-0.39, 0.29) is 11.4 Å². The van der Waals surface area contributed by atoms with Crippen molar-refractivity contribution in [3.05, 3.63) is 48.0 Å². The Balaban J connectivity index is 1.28. The van der Waals surface area contributed by atoms with E-state index in [1.807, 2.05) is 4.90 Å². The summed E-state index contributed by atoms with van der Waals surface area (Å²) in [5, 5.41) is 7.20. The molecule has 1 N–H and O–H groups in total. The topological polar surface area (TPSA) is 72.3 Å². The van der Waals surface area contributed by atoms with E-state index < -0.39 is 0 Å². The Kier molecular flexibility index (Phi) is 5.38. The number of aromatic nitrogens is 3. The molecule has 4 rings (SSSR count). The molecule has 0 aliphatic carbocycles. The van der Waals surface area contributed by atoms with Crippen LogP contribution in [0.2, 0.25) is 0 Å². The first-order valence-electron chi connectivity index (χ1n) is 9.73. The van der Waals surface area contributed by atoms with Crippen molar-refractivity contribution in [1.82, 2.24) is 25.0 Å². The van der Waals surface area contributed by atoms with E-state index in [2.05, 4.69) is 39.7 Å². The molecule has 1 aromatic carbocycles. The van der Waals surface area contributed by atoms with Crippen LogP contribution in [0.15, 0.2) is 36.9 Å². The molecule has 144 valence electrons. The van der Waals surface area contributed by atoms with Gasteiger partial charge in [-0.2, -0.15) is 5.10 Å². The van der Waals surface area contributed by atoms with E-state index >= 15 is 0 Å². The number of carbonyl (C=O) groups excluding carboxylic acids is 1. The van der Waals surface area contributed by atoms with Gasteiger partial charge in [0.05, 0.1) is 6.54 Å². The van der Waals surface area contributed by atoms with Gasteiger partial charge in [0.1, 0.15) is 12.7 Å². The van der Waals surface area contributed by atoms with Gasteiger partial charge in [0.25, 0.3) is 0 Å². The summed E-state index contributed by atoms with van der Waals surface area (Å²) in [5.41, 5.74) is 2.54. The third kappa shape index (κ3) is 4.47. The largest absolute Gasteiger partial charge is 0.381 e. The summed E-state index contributed by atoms with van der Waals surface area (Å²) in [4.78, 5) is 18.6. The SMILES string of the molecule is O=C(NCc1ccc(Cn2cncn2)cc1)N1CCCC2(CCOCC2)C1. The Morgan fingerprint density at radius 1 is 1.15 bits per heavy atom. The molecule has 7 heteroatoms. The maximum Gasteiger partial charge on any atom is 0.317 e. The molecule has 27 heavy (non-hydrogen) atoms. The molecular weight excluding hydrogens is 342 g/mol. The summed E-state index contributed by atoms with van der Waals surface area (Å²) < 4.78 is 7.30. The molecule has 2 aromatic rings. The number of benzene rings is 1. The van der Waals surface area contributed by atoms with Crippen molar-refractivity contribution in [3.63, 3.8) is 0 Å². The smallest absolute Gasteiger partial charge is 0.317 e. The van der Waals surface area contributed by atoms with Crippen LogP contribution in [-0.4, -0.2) is 52.0 Å². The number of nitrogens with one attached hydrogen (secondary N) is 1. The van der Waals surface area contributed by atoms with Crippen LogP contribution in [0.1, 0.15) is 36.8 Å². The summed E-state index contributed by atoms with van der Waals surface area (Å²) in [6.07, 6.45) is 7.69. The number of ether oxygens (including phenoxy) is 1. The third-order valence-electron chi connectivity index (χ3n) is 5.78. The lowest BCUT2D eigenvalue weighted by Gasteiger charge is -2.45. The van der Waals surface area contributed by atoms with Crippen LogP contribution in [0.5, 0.6) is 0 Å². The second kappa shape index (κ2) is 8.08. The van der Waals surface area contributed by atoms with Gasteiger partial charge in [-0.1, -0.05) is 24.3 Å². The van der Waals surface area contributed by atoms with Gasteiger partial charge in [-0.25, -0.2) is 14.5 Å². The molecule has 7 nitrogen and oxygen atoms in total. The highest BCUT2D eigenvalue weighted by molar-refractivity contribution is 5.74. The number of carbonyl (C=O) groups is 1. The van der Waals surface area contributed by atoms with Crippen LogP contribution in [-0.2, 0) is 17.8 Å². The van der Waals surface area contributed by atoms with Crippen LogP contribution >= 0.6 is 0 Å². The van der Waals surface area contributed by atoms with Crippen molar-refractivity contribution >= 4 is 6.03 Å². The molecule has 0 radical (unpaired) electrons. The standard InChI is InChI=1S/C20H27N5O2/c26-19(24-9-1-6-20(14-24)7-10-27-11-8-20)22-12-17-2-4-18(5-3-17)13-25-16-21-15-23-25/h2-5,15-16H,1,6-14H2,(H,22,26). The zero-order valence-electron chi connectivity index (χ0n) is 15.6. The first-order valence-corrected chi connectivity index (χ1v) is 9.73. The molecule has 2 fully saturated rings. The van der Waals surface area contributed by atoms with Crippen molar-refractivity contribution in [1.29, 1.82) is 0 Å². The number of rotatable bonds is 4. The van der Waals surface area contributed by atoms with Gasteiger partial charge in [-0.05, 0) is 42.2 Å². The zero-order valence-corrected chi connectivity index (χ0v) is 15.6. The van der Waals surface area contributed by atoms with Crippen molar-refractivity contribution in [2.75, 3.05) is 26.3 Å². The summed E-state index contributed by atoms with van der Waals surface area (Å²) in [6, 6.07) is 8.31. The molecule has 1 spiro atoms. The van der Waals surface area contributed by atoms with Crippen LogP contribution in [0.25, 0.3) is 0 Å². The van der Waals surface area contributed by atoms with Crippen molar-refractivity contribution in [3.8, 4) is 0 Å². The fourth-order valence-electron chi connectivity index (χ4n) is 4.15. The number of nitrogens with zero attached hydrogens (tertiary/aromatic N) is 4. The molecule has 2 amide bonds. The average Bonchev–Trinajstić information content (AvgIpc) is 3.21. The number of hydrogen-bond acceptors (Lipinski definition) is 4. The van der Waals surface area contributed by atoms with E-state index in [0.29, 0.717) is 13.1 Å². The first kappa shape index (κ1) is 18.0. The highest BCUT2D eigenvalue weighted by atomic mass is 16.5. The molecule has 0 atom stereocenters. The highest BCUT2D eigenvalue weighted by Gasteiger charge is 2.38. The van der Waals surface area contributed by atoms with Crippen LogP contribution in [0.4, 0.5) is 4.79 Å². The molecule has 1 aromatic heterocycles. The summed E-state index contributed by atoms with van der Waals surface area (Å²) in [7, 11) is 0. The van der Waals surface area contributed by atoms with Crippen LogP contribution < -0.4 is 5.32 Å². The fraction of sp³-hybridized carbons (Fsp3) is 0.550. The quantitative estimate of drug-likeness (QED) is 0.898. The molecule has 0 unspecified atom stereocenters. The fourth-order valence-corrected chi connectivity index (χ4v) is 4.15. The predicted molar refractivity (Wildman–Crippen MR) is 101 cm³/mol. The van der Waals surface area contributed by atoms with E-state index in [1.54, 1.807) is 11.0 Å². The Bertz CT molecular complexity index is 733. The zero-order chi connectivity index (χ0) is 18.5. The van der Waals surface area contributed by atoms with Gasteiger partial charge < -0.3 is 15.0 Å². The van der Waals surface area contributed by atoms with E-state index in [1.165, 1.54) is 12.7 Å². The Labute approximate surface area is 159 Å². The first-order chi connectivity index (χ1) is 13.2. The molecule has 0 saturated carbocycles.